The summed E-state index contributed by atoms with van der Waals surface area (Å²) in [6.07, 6.45) is 5.12. The van der Waals surface area contributed by atoms with Crippen molar-refractivity contribution in [1.82, 2.24) is 15.0 Å². The van der Waals surface area contributed by atoms with Crippen molar-refractivity contribution in [3.05, 3.63) is 77.4 Å². The highest BCUT2D eigenvalue weighted by Gasteiger charge is 2.22. The number of aromatic amines is 1. The number of nitrogens with one attached hydrogen (secondary N) is 1. The lowest BCUT2D eigenvalue weighted by Crippen LogP contribution is -2.10. The maximum Gasteiger partial charge on any atom is 0.284 e. The Hall–Kier alpha value is -3.68. The fourth-order valence-electron chi connectivity index (χ4n) is 4.51. The molecule has 0 amide bonds. The molecule has 0 atom stereocenters. The molecular formula is C24H17N5O5S3. The molecule has 0 spiro atoms. The first kappa shape index (κ1) is 23.7. The van der Waals surface area contributed by atoms with Gasteiger partial charge in [0.25, 0.3) is 16.9 Å². The zero-order valence-corrected chi connectivity index (χ0v) is 21.5. The first-order valence-electron chi connectivity index (χ1n) is 11.4. The lowest BCUT2D eigenvalue weighted by Gasteiger charge is -2.05. The molecule has 3 heterocycles. The summed E-state index contributed by atoms with van der Waals surface area (Å²) in [5.41, 5.74) is 1.72. The molecule has 0 aliphatic heterocycles. The molecule has 1 aliphatic rings. The Morgan fingerprint density at radius 1 is 0.946 bits per heavy atom. The van der Waals surface area contributed by atoms with Crippen LogP contribution in [0.1, 0.15) is 29.7 Å². The van der Waals surface area contributed by atoms with Gasteiger partial charge in [-0.3, -0.25) is 25.0 Å². The zero-order chi connectivity index (χ0) is 25.7. The molecule has 5 aromatic rings. The molecule has 186 valence electrons. The van der Waals surface area contributed by atoms with Crippen LogP contribution in [0.4, 0.5) is 11.4 Å². The maximum atomic E-state index is 13.0. The predicted octanol–water partition coefficient (Wildman–Crippen LogP) is 6.50. The molecule has 0 fully saturated rings. The molecule has 0 unspecified atom stereocenters. The third-order valence-electron chi connectivity index (χ3n) is 6.26. The third-order valence-corrected chi connectivity index (χ3v) is 9.59. The molecule has 0 saturated carbocycles. The van der Waals surface area contributed by atoms with Gasteiger partial charge in [-0.2, -0.15) is 0 Å². The van der Waals surface area contributed by atoms with Crippen LogP contribution in [0.2, 0.25) is 0 Å². The normalized spacial score (nSPS) is 13.5. The van der Waals surface area contributed by atoms with E-state index in [0.717, 1.165) is 49.4 Å². The molecule has 0 bridgehead atoms. The highest BCUT2D eigenvalue weighted by atomic mass is 32.2. The van der Waals surface area contributed by atoms with E-state index < -0.39 is 9.85 Å². The van der Waals surface area contributed by atoms with Gasteiger partial charge in [0.1, 0.15) is 10.7 Å². The van der Waals surface area contributed by atoms with Crippen LogP contribution in [0.15, 0.2) is 50.4 Å². The molecule has 0 radical (unpaired) electrons. The van der Waals surface area contributed by atoms with E-state index >= 15 is 0 Å². The van der Waals surface area contributed by atoms with Crippen molar-refractivity contribution in [1.29, 1.82) is 0 Å². The third kappa shape index (κ3) is 4.38. The van der Waals surface area contributed by atoms with E-state index in [4.69, 9.17) is 0 Å². The average molecular weight is 552 g/mol. The first-order chi connectivity index (χ1) is 17.9. The topological polar surface area (TPSA) is 145 Å². The number of hydrogen-bond donors (Lipinski definition) is 1. The number of aryl methyl sites for hydroxylation is 2. The highest BCUT2D eigenvalue weighted by Crippen LogP contribution is 2.41. The fraction of sp³-hybridized carbons (Fsp3) is 0.208. The van der Waals surface area contributed by atoms with E-state index in [2.05, 4.69) is 15.0 Å². The van der Waals surface area contributed by atoms with E-state index in [1.54, 1.807) is 18.2 Å². The number of rotatable bonds is 5. The summed E-state index contributed by atoms with van der Waals surface area (Å²) in [7, 11) is 0. The van der Waals surface area contributed by atoms with E-state index in [-0.39, 0.29) is 16.9 Å². The van der Waals surface area contributed by atoms with Crippen molar-refractivity contribution in [3.8, 4) is 11.4 Å². The number of nitro groups is 2. The molecule has 1 aliphatic carbocycles. The standard InChI is InChI=1S/C24H17N5O5S3/c30-22-20-14-4-2-1-3-5-17(14)35-23(20)27-21(26-22)12-6-9-18(16(10-12)29(33)34)36-24-25-15-8-7-13(28(31)32)11-19(15)37-24/h6-11H,1-5H2,(H,26,27,30). The lowest BCUT2D eigenvalue weighted by molar-refractivity contribution is -0.387. The minimum absolute atomic E-state index is 0.0383. The largest absolute Gasteiger partial charge is 0.306 e. The van der Waals surface area contributed by atoms with Gasteiger partial charge in [0.2, 0.25) is 0 Å². The SMILES string of the molecule is O=c1[nH]c(-c2ccc(Sc3nc4ccc([N+](=O)[O-])cc4s3)c([N+](=O)[O-])c2)nc2sc3c(c12)CCCCC3. The maximum absolute atomic E-state index is 13.0. The first-order valence-corrected chi connectivity index (χ1v) is 13.9. The van der Waals surface area contributed by atoms with Crippen molar-refractivity contribution in [2.75, 3.05) is 0 Å². The van der Waals surface area contributed by atoms with Crippen LogP contribution in [-0.4, -0.2) is 24.8 Å². The minimum atomic E-state index is -0.478. The summed E-state index contributed by atoms with van der Waals surface area (Å²) in [4.78, 5) is 49.3. The molecule has 37 heavy (non-hydrogen) atoms. The number of non-ortho nitro benzene ring substituents is 1. The van der Waals surface area contributed by atoms with Gasteiger partial charge < -0.3 is 4.98 Å². The van der Waals surface area contributed by atoms with E-state index in [9.17, 15) is 25.0 Å². The van der Waals surface area contributed by atoms with Gasteiger partial charge in [-0.15, -0.1) is 22.7 Å². The van der Waals surface area contributed by atoms with Gasteiger partial charge in [0, 0.05) is 28.6 Å². The molecule has 6 rings (SSSR count). The van der Waals surface area contributed by atoms with Gasteiger partial charge in [-0.25, -0.2) is 9.97 Å². The minimum Gasteiger partial charge on any atom is -0.306 e. The van der Waals surface area contributed by atoms with E-state index in [1.807, 2.05) is 0 Å². The summed E-state index contributed by atoms with van der Waals surface area (Å²) in [5.74, 6) is 0.292. The molecule has 13 heteroatoms. The Kier molecular flexibility index (Phi) is 5.97. The molecule has 1 N–H and O–H groups in total. The Morgan fingerprint density at radius 3 is 2.59 bits per heavy atom. The fourth-order valence-corrected chi connectivity index (χ4v) is 7.92. The van der Waals surface area contributed by atoms with Crippen LogP contribution in [-0.2, 0) is 12.8 Å². The number of benzene rings is 2. The molecular weight excluding hydrogens is 534 g/mol. The number of aromatic nitrogens is 3. The Balaban J connectivity index is 1.37. The number of thiophene rings is 1. The number of hydrogen-bond acceptors (Lipinski definition) is 10. The second-order valence-corrected chi connectivity index (χ2v) is 12.0. The number of fused-ring (bicyclic) bond motifs is 4. The molecule has 0 saturated heterocycles. The van der Waals surface area contributed by atoms with Crippen molar-refractivity contribution < 1.29 is 9.85 Å². The van der Waals surface area contributed by atoms with Gasteiger partial charge in [0.05, 0.1) is 30.3 Å². The lowest BCUT2D eigenvalue weighted by atomic mass is 10.1. The smallest absolute Gasteiger partial charge is 0.284 e. The number of nitro benzene ring substituents is 2. The van der Waals surface area contributed by atoms with Gasteiger partial charge >= 0.3 is 0 Å². The van der Waals surface area contributed by atoms with Crippen LogP contribution in [0.5, 0.6) is 0 Å². The Bertz CT molecular complexity index is 1790. The second kappa shape index (κ2) is 9.32. The second-order valence-electron chi connectivity index (χ2n) is 8.59. The van der Waals surface area contributed by atoms with Crippen molar-refractivity contribution in [2.24, 2.45) is 0 Å². The van der Waals surface area contributed by atoms with Crippen molar-refractivity contribution in [2.45, 2.75) is 41.3 Å². The number of thiazole rings is 1. The quantitative estimate of drug-likeness (QED) is 0.148. The molecule has 2 aromatic carbocycles. The average Bonchev–Trinajstić information content (AvgIpc) is 3.36. The summed E-state index contributed by atoms with van der Waals surface area (Å²) < 4.78 is 1.15. The molecule has 3 aromatic heterocycles. The van der Waals surface area contributed by atoms with Gasteiger partial charge in [-0.05, 0) is 49.4 Å². The van der Waals surface area contributed by atoms with Gasteiger partial charge in [-0.1, -0.05) is 18.2 Å². The Morgan fingerprint density at radius 2 is 1.78 bits per heavy atom. The van der Waals surface area contributed by atoms with E-state index in [0.29, 0.717) is 41.1 Å². The van der Waals surface area contributed by atoms with Crippen LogP contribution in [0.3, 0.4) is 0 Å². The zero-order valence-electron chi connectivity index (χ0n) is 19.1. The van der Waals surface area contributed by atoms with Crippen molar-refractivity contribution >= 4 is 66.2 Å². The van der Waals surface area contributed by atoms with Crippen LogP contribution < -0.4 is 5.56 Å². The number of H-pyrrole nitrogens is 1. The predicted molar refractivity (Wildman–Crippen MR) is 144 cm³/mol. The summed E-state index contributed by atoms with van der Waals surface area (Å²) >= 11 is 3.88. The van der Waals surface area contributed by atoms with Gasteiger partial charge in [0.15, 0.2) is 4.34 Å². The monoisotopic (exact) mass is 551 g/mol. The molecule has 10 nitrogen and oxygen atoms in total. The summed E-state index contributed by atoms with van der Waals surface area (Å²) in [5, 5.41) is 23.6. The highest BCUT2D eigenvalue weighted by molar-refractivity contribution is 8.01. The van der Waals surface area contributed by atoms with Crippen LogP contribution in [0.25, 0.3) is 31.8 Å². The van der Waals surface area contributed by atoms with E-state index in [1.165, 1.54) is 45.7 Å². The van der Waals surface area contributed by atoms with Crippen LogP contribution in [0, 0.1) is 20.2 Å². The van der Waals surface area contributed by atoms with Crippen molar-refractivity contribution in [3.63, 3.8) is 0 Å². The number of nitrogens with zero attached hydrogens (tertiary/aromatic N) is 4. The summed E-state index contributed by atoms with van der Waals surface area (Å²) in [6, 6.07) is 9.09. The van der Waals surface area contributed by atoms with Crippen LogP contribution >= 0.6 is 34.4 Å². The Labute approximate surface area is 220 Å². The summed E-state index contributed by atoms with van der Waals surface area (Å²) in [6.45, 7) is 0.